The van der Waals surface area contributed by atoms with Crippen LogP contribution in [0.1, 0.15) is 22.3 Å². The number of nitriles is 1. The standard InChI is InChI=1S/C18H18N2O2/c1-14-11-15(7-8-17(14)12-19)9-10-20-18(21)22-13-16-5-3-2-4-6-16/h2-8,11H,9-10,13H2,1H3,(H,20,21). The van der Waals surface area contributed by atoms with E-state index >= 15 is 0 Å². The molecule has 0 bridgehead atoms. The lowest BCUT2D eigenvalue weighted by Gasteiger charge is -2.08. The summed E-state index contributed by atoms with van der Waals surface area (Å²) in [5.41, 5.74) is 3.67. The van der Waals surface area contributed by atoms with Crippen LogP contribution in [0.4, 0.5) is 4.79 Å². The van der Waals surface area contributed by atoms with Gasteiger partial charge in [-0.05, 0) is 36.1 Å². The van der Waals surface area contributed by atoms with Crippen molar-refractivity contribution in [3.8, 4) is 6.07 Å². The molecule has 4 nitrogen and oxygen atoms in total. The molecule has 1 N–H and O–H groups in total. The molecule has 112 valence electrons. The first-order chi connectivity index (χ1) is 10.7. The summed E-state index contributed by atoms with van der Waals surface area (Å²) in [7, 11) is 0. The van der Waals surface area contributed by atoms with Gasteiger partial charge in [0.05, 0.1) is 11.6 Å². The van der Waals surface area contributed by atoms with Gasteiger partial charge in [-0.15, -0.1) is 0 Å². The first-order valence-corrected chi connectivity index (χ1v) is 7.13. The van der Waals surface area contributed by atoms with Gasteiger partial charge in [0.25, 0.3) is 0 Å². The van der Waals surface area contributed by atoms with E-state index in [0.717, 1.165) is 16.7 Å². The molecule has 0 fully saturated rings. The van der Waals surface area contributed by atoms with Gasteiger partial charge < -0.3 is 10.1 Å². The monoisotopic (exact) mass is 294 g/mol. The Morgan fingerprint density at radius 2 is 1.95 bits per heavy atom. The quantitative estimate of drug-likeness (QED) is 0.920. The summed E-state index contributed by atoms with van der Waals surface area (Å²) in [5.74, 6) is 0. The summed E-state index contributed by atoms with van der Waals surface area (Å²) in [5, 5.41) is 11.6. The molecule has 0 aliphatic carbocycles. The van der Waals surface area contributed by atoms with E-state index in [-0.39, 0.29) is 6.61 Å². The molecule has 0 aliphatic heterocycles. The summed E-state index contributed by atoms with van der Waals surface area (Å²) in [4.78, 5) is 11.6. The number of rotatable bonds is 5. The SMILES string of the molecule is Cc1cc(CCNC(=O)OCc2ccccc2)ccc1C#N. The van der Waals surface area contributed by atoms with Crippen molar-refractivity contribution >= 4 is 6.09 Å². The molecule has 0 aliphatic rings. The van der Waals surface area contributed by atoms with Crippen molar-refractivity contribution < 1.29 is 9.53 Å². The largest absolute Gasteiger partial charge is 0.445 e. The summed E-state index contributed by atoms with van der Waals surface area (Å²) in [6, 6.07) is 17.4. The van der Waals surface area contributed by atoms with E-state index in [4.69, 9.17) is 10.00 Å². The Hall–Kier alpha value is -2.80. The zero-order valence-electron chi connectivity index (χ0n) is 12.5. The highest BCUT2D eigenvalue weighted by atomic mass is 16.5. The molecule has 22 heavy (non-hydrogen) atoms. The molecule has 0 radical (unpaired) electrons. The molecule has 0 atom stereocenters. The second-order valence-electron chi connectivity index (χ2n) is 5.00. The number of carbonyl (C=O) groups excluding carboxylic acids is 1. The number of carbonyl (C=O) groups is 1. The minimum Gasteiger partial charge on any atom is -0.445 e. The van der Waals surface area contributed by atoms with Gasteiger partial charge in [0.1, 0.15) is 6.61 Å². The Morgan fingerprint density at radius 3 is 2.64 bits per heavy atom. The van der Waals surface area contributed by atoms with Gasteiger partial charge in [-0.1, -0.05) is 42.5 Å². The average molecular weight is 294 g/mol. The van der Waals surface area contributed by atoms with Crippen molar-refractivity contribution in [2.45, 2.75) is 20.0 Å². The van der Waals surface area contributed by atoms with Crippen LogP contribution in [0.3, 0.4) is 0 Å². The maximum atomic E-state index is 11.6. The number of hydrogen-bond acceptors (Lipinski definition) is 3. The molecule has 2 aromatic rings. The van der Waals surface area contributed by atoms with Gasteiger partial charge in [-0.25, -0.2) is 4.79 Å². The van der Waals surface area contributed by atoms with E-state index in [1.165, 1.54) is 0 Å². The highest BCUT2D eigenvalue weighted by Crippen LogP contribution is 2.10. The van der Waals surface area contributed by atoms with Crippen LogP contribution < -0.4 is 5.32 Å². The first kappa shape index (κ1) is 15.6. The molecule has 2 aromatic carbocycles. The van der Waals surface area contributed by atoms with Crippen molar-refractivity contribution in [3.63, 3.8) is 0 Å². The third kappa shape index (κ3) is 4.64. The molecule has 0 spiro atoms. The van der Waals surface area contributed by atoms with Crippen LogP contribution in [-0.4, -0.2) is 12.6 Å². The van der Waals surface area contributed by atoms with E-state index < -0.39 is 6.09 Å². The van der Waals surface area contributed by atoms with Gasteiger partial charge in [0.15, 0.2) is 0 Å². The van der Waals surface area contributed by atoms with Crippen LogP contribution in [0.2, 0.25) is 0 Å². The molecular weight excluding hydrogens is 276 g/mol. The molecule has 0 saturated heterocycles. The molecule has 1 amide bonds. The van der Waals surface area contributed by atoms with Gasteiger partial charge >= 0.3 is 6.09 Å². The fraction of sp³-hybridized carbons (Fsp3) is 0.222. The summed E-state index contributed by atoms with van der Waals surface area (Å²) < 4.78 is 5.13. The second-order valence-corrected chi connectivity index (χ2v) is 5.00. The number of nitrogens with one attached hydrogen (secondary N) is 1. The minimum atomic E-state index is -0.422. The van der Waals surface area contributed by atoms with Crippen LogP contribution in [0, 0.1) is 18.3 Å². The highest BCUT2D eigenvalue weighted by Gasteiger charge is 2.03. The van der Waals surface area contributed by atoms with Crippen molar-refractivity contribution in [2.75, 3.05) is 6.54 Å². The zero-order chi connectivity index (χ0) is 15.8. The minimum absolute atomic E-state index is 0.267. The summed E-state index contributed by atoms with van der Waals surface area (Å²) >= 11 is 0. The molecule has 4 heteroatoms. The number of amides is 1. The van der Waals surface area contributed by atoms with E-state index in [9.17, 15) is 4.79 Å². The van der Waals surface area contributed by atoms with Gasteiger partial charge in [-0.2, -0.15) is 5.26 Å². The van der Waals surface area contributed by atoms with Crippen molar-refractivity contribution in [1.29, 1.82) is 5.26 Å². The van der Waals surface area contributed by atoms with E-state index in [0.29, 0.717) is 18.5 Å². The van der Waals surface area contributed by atoms with E-state index in [1.807, 2.05) is 49.4 Å². The summed E-state index contributed by atoms with van der Waals surface area (Å²) in [6.07, 6.45) is 0.279. The van der Waals surface area contributed by atoms with E-state index in [1.54, 1.807) is 6.07 Å². The maximum absolute atomic E-state index is 11.6. The molecule has 0 saturated carbocycles. The van der Waals surface area contributed by atoms with Crippen LogP contribution in [0.15, 0.2) is 48.5 Å². The fourth-order valence-electron chi connectivity index (χ4n) is 2.09. The Balaban J connectivity index is 1.73. The van der Waals surface area contributed by atoms with Crippen molar-refractivity contribution in [1.82, 2.24) is 5.32 Å². The number of hydrogen-bond donors (Lipinski definition) is 1. The Morgan fingerprint density at radius 1 is 1.18 bits per heavy atom. The topological polar surface area (TPSA) is 62.1 Å². The third-order valence-corrected chi connectivity index (χ3v) is 3.31. The fourth-order valence-corrected chi connectivity index (χ4v) is 2.09. The lowest BCUT2D eigenvalue weighted by Crippen LogP contribution is -2.26. The van der Waals surface area contributed by atoms with Crippen molar-refractivity contribution in [2.24, 2.45) is 0 Å². The van der Waals surface area contributed by atoms with Crippen molar-refractivity contribution in [3.05, 3.63) is 70.8 Å². The molecule has 0 unspecified atom stereocenters. The number of benzene rings is 2. The average Bonchev–Trinajstić information content (AvgIpc) is 2.54. The number of ether oxygens (including phenoxy) is 1. The van der Waals surface area contributed by atoms with Crippen LogP contribution >= 0.6 is 0 Å². The lowest BCUT2D eigenvalue weighted by molar-refractivity contribution is 0.140. The first-order valence-electron chi connectivity index (χ1n) is 7.13. The van der Waals surface area contributed by atoms with Crippen LogP contribution in [0.25, 0.3) is 0 Å². The molecule has 2 rings (SSSR count). The van der Waals surface area contributed by atoms with Gasteiger partial charge in [0, 0.05) is 6.54 Å². The molecule has 0 heterocycles. The highest BCUT2D eigenvalue weighted by molar-refractivity contribution is 5.67. The summed E-state index contributed by atoms with van der Waals surface area (Å²) in [6.45, 7) is 2.67. The predicted molar refractivity (Wildman–Crippen MR) is 84.2 cm³/mol. The zero-order valence-corrected chi connectivity index (χ0v) is 12.5. The van der Waals surface area contributed by atoms with Gasteiger partial charge in [-0.3, -0.25) is 0 Å². The lowest BCUT2D eigenvalue weighted by atomic mass is 10.0. The van der Waals surface area contributed by atoms with Crippen LogP contribution in [0.5, 0.6) is 0 Å². The number of aryl methyl sites for hydroxylation is 1. The molecular formula is C18H18N2O2. The third-order valence-electron chi connectivity index (χ3n) is 3.31. The normalized spacial score (nSPS) is 9.82. The second kappa shape index (κ2) is 7.84. The van der Waals surface area contributed by atoms with Gasteiger partial charge in [0.2, 0.25) is 0 Å². The number of alkyl carbamates (subject to hydrolysis) is 1. The van der Waals surface area contributed by atoms with Crippen LogP contribution in [-0.2, 0) is 17.8 Å². The Labute approximate surface area is 130 Å². The maximum Gasteiger partial charge on any atom is 0.407 e. The Bertz CT molecular complexity index is 675. The smallest absolute Gasteiger partial charge is 0.407 e. The predicted octanol–water partition coefficient (Wildman–Crippen LogP) is 3.34. The Kier molecular flexibility index (Phi) is 5.56. The molecule has 0 aromatic heterocycles. The number of nitrogens with zero attached hydrogens (tertiary/aromatic N) is 1. The van der Waals surface area contributed by atoms with E-state index in [2.05, 4.69) is 11.4 Å².